The molecule has 0 aromatic carbocycles. The van der Waals surface area contributed by atoms with Crippen LogP contribution in [0.4, 0.5) is 0 Å². The molecule has 18 heavy (non-hydrogen) atoms. The summed E-state index contributed by atoms with van der Waals surface area (Å²) in [5.41, 5.74) is 9.49. The fraction of sp³-hybridized carbons (Fsp3) is 0.833. The number of nitriles is 2. The summed E-state index contributed by atoms with van der Waals surface area (Å²) in [6.07, 6.45) is 1.36. The van der Waals surface area contributed by atoms with E-state index in [1.54, 1.807) is 0 Å². The third kappa shape index (κ3) is 2.21. The minimum atomic E-state index is -1.69. The summed E-state index contributed by atoms with van der Waals surface area (Å²) in [5.74, 6) is 0. The molecule has 6 heteroatoms. The lowest BCUT2D eigenvalue weighted by Gasteiger charge is -2.50. The zero-order valence-corrected chi connectivity index (χ0v) is 11.1. The van der Waals surface area contributed by atoms with Crippen molar-refractivity contribution in [2.24, 2.45) is 11.5 Å². The van der Waals surface area contributed by atoms with Gasteiger partial charge < -0.3 is 11.1 Å². The van der Waals surface area contributed by atoms with Crippen LogP contribution in [0.5, 0.6) is 0 Å². The first-order valence-electron chi connectivity index (χ1n) is 6.36. The van der Waals surface area contributed by atoms with Gasteiger partial charge >= 0.3 is 0 Å². The Morgan fingerprint density at radius 1 is 1.33 bits per heavy atom. The van der Waals surface area contributed by atoms with Crippen molar-refractivity contribution in [2.75, 3.05) is 19.6 Å². The fourth-order valence-electron chi connectivity index (χ4n) is 2.58. The minimum Gasteiger partial charge on any atom is -0.314 e. The standard InChI is InChI=1S/C12H22N6/c1-3-10-7-17-5-6-18(10)12(16,4-2)11(15,8-13)9-14/h10,17H,3-7,15-16H2,1-2H3. The Morgan fingerprint density at radius 2 is 1.94 bits per heavy atom. The van der Waals surface area contributed by atoms with Gasteiger partial charge in [0, 0.05) is 25.7 Å². The zero-order valence-electron chi connectivity index (χ0n) is 11.1. The largest absolute Gasteiger partial charge is 0.314 e. The van der Waals surface area contributed by atoms with E-state index in [9.17, 15) is 10.5 Å². The molecule has 0 radical (unpaired) electrons. The lowest BCUT2D eigenvalue weighted by Crippen LogP contribution is -2.76. The van der Waals surface area contributed by atoms with Crippen molar-refractivity contribution < 1.29 is 0 Å². The number of nitrogens with one attached hydrogen (secondary N) is 1. The average molecular weight is 250 g/mol. The first-order chi connectivity index (χ1) is 8.49. The fourth-order valence-corrected chi connectivity index (χ4v) is 2.58. The van der Waals surface area contributed by atoms with E-state index in [2.05, 4.69) is 12.2 Å². The summed E-state index contributed by atoms with van der Waals surface area (Å²) < 4.78 is 0. The number of nitrogens with two attached hydrogens (primary N) is 2. The molecule has 1 aliphatic rings. The summed E-state index contributed by atoms with van der Waals surface area (Å²) >= 11 is 0. The Labute approximate surface area is 109 Å². The highest BCUT2D eigenvalue weighted by atomic mass is 15.4. The molecule has 1 rings (SSSR count). The van der Waals surface area contributed by atoms with Gasteiger partial charge in [-0.1, -0.05) is 13.8 Å². The van der Waals surface area contributed by atoms with Crippen LogP contribution in [0.15, 0.2) is 0 Å². The molecule has 1 aliphatic heterocycles. The van der Waals surface area contributed by atoms with E-state index in [-0.39, 0.29) is 6.04 Å². The van der Waals surface area contributed by atoms with E-state index in [0.717, 1.165) is 19.5 Å². The first-order valence-corrected chi connectivity index (χ1v) is 6.36. The van der Waals surface area contributed by atoms with Crippen LogP contribution in [0.1, 0.15) is 26.7 Å². The van der Waals surface area contributed by atoms with Gasteiger partial charge in [0.1, 0.15) is 17.8 Å². The number of hydrogen-bond acceptors (Lipinski definition) is 6. The normalized spacial score (nSPS) is 24.9. The van der Waals surface area contributed by atoms with Crippen molar-refractivity contribution in [3.63, 3.8) is 0 Å². The van der Waals surface area contributed by atoms with E-state index >= 15 is 0 Å². The lowest BCUT2D eigenvalue weighted by atomic mass is 9.82. The molecule has 1 saturated heterocycles. The second-order valence-electron chi connectivity index (χ2n) is 4.77. The van der Waals surface area contributed by atoms with Crippen LogP contribution in [0.2, 0.25) is 0 Å². The smallest absolute Gasteiger partial charge is 0.222 e. The van der Waals surface area contributed by atoms with E-state index < -0.39 is 11.2 Å². The molecule has 0 amide bonds. The van der Waals surface area contributed by atoms with Crippen LogP contribution < -0.4 is 16.8 Å². The van der Waals surface area contributed by atoms with E-state index in [1.165, 1.54) is 0 Å². The summed E-state index contributed by atoms with van der Waals surface area (Å²) in [6.45, 7) is 6.23. The molecule has 6 nitrogen and oxygen atoms in total. The molecule has 0 aliphatic carbocycles. The number of piperazine rings is 1. The molecule has 2 atom stereocenters. The van der Waals surface area contributed by atoms with Gasteiger partial charge in [-0.3, -0.25) is 10.6 Å². The van der Waals surface area contributed by atoms with E-state index in [0.29, 0.717) is 13.0 Å². The Hall–Kier alpha value is -1.18. The number of nitrogens with zero attached hydrogens (tertiary/aromatic N) is 3. The molecule has 0 aromatic heterocycles. The van der Waals surface area contributed by atoms with Crippen molar-refractivity contribution in [3.05, 3.63) is 0 Å². The van der Waals surface area contributed by atoms with Gasteiger partial charge in [0.15, 0.2) is 0 Å². The van der Waals surface area contributed by atoms with Gasteiger partial charge in [0.05, 0.1) is 0 Å². The molecule has 1 fully saturated rings. The number of rotatable bonds is 4. The Bertz CT molecular complexity index is 354. The van der Waals surface area contributed by atoms with Crippen molar-refractivity contribution in [2.45, 2.75) is 43.9 Å². The van der Waals surface area contributed by atoms with Crippen LogP contribution in [-0.2, 0) is 0 Å². The van der Waals surface area contributed by atoms with Crippen LogP contribution in [0.25, 0.3) is 0 Å². The highest BCUT2D eigenvalue weighted by Crippen LogP contribution is 2.28. The monoisotopic (exact) mass is 250 g/mol. The van der Waals surface area contributed by atoms with Gasteiger partial charge in [-0.05, 0) is 12.8 Å². The van der Waals surface area contributed by atoms with Gasteiger partial charge in [-0.2, -0.15) is 10.5 Å². The van der Waals surface area contributed by atoms with Crippen molar-refractivity contribution in [3.8, 4) is 12.1 Å². The Balaban J connectivity index is 3.14. The molecule has 0 saturated carbocycles. The second-order valence-corrected chi connectivity index (χ2v) is 4.77. The topological polar surface area (TPSA) is 115 Å². The molecular formula is C12H22N6. The molecule has 0 bridgehead atoms. The maximum atomic E-state index is 9.22. The van der Waals surface area contributed by atoms with E-state index in [4.69, 9.17) is 11.5 Å². The SMILES string of the molecule is CCC1CNCCN1C(N)(CC)C(N)(C#N)C#N. The highest BCUT2D eigenvalue weighted by molar-refractivity contribution is 5.30. The van der Waals surface area contributed by atoms with E-state index in [1.807, 2.05) is 24.0 Å². The molecule has 0 aromatic rings. The third-order valence-electron chi connectivity index (χ3n) is 3.91. The predicted molar refractivity (Wildman–Crippen MR) is 69.0 cm³/mol. The molecule has 5 N–H and O–H groups in total. The zero-order chi connectivity index (χ0) is 13.8. The van der Waals surface area contributed by atoms with Crippen molar-refractivity contribution >= 4 is 0 Å². The predicted octanol–water partition coefficient (Wildman–Crippen LogP) is -0.520. The maximum Gasteiger partial charge on any atom is 0.222 e. The quantitative estimate of drug-likeness (QED) is 0.618. The second kappa shape index (κ2) is 5.64. The van der Waals surface area contributed by atoms with Crippen LogP contribution in [0, 0.1) is 22.7 Å². The molecular weight excluding hydrogens is 228 g/mol. The van der Waals surface area contributed by atoms with Gasteiger partial charge in [0.25, 0.3) is 0 Å². The molecule has 100 valence electrons. The average Bonchev–Trinajstić information content (AvgIpc) is 2.45. The maximum absolute atomic E-state index is 9.22. The summed E-state index contributed by atoms with van der Waals surface area (Å²) in [5, 5.41) is 21.7. The van der Waals surface area contributed by atoms with Crippen LogP contribution in [0.3, 0.4) is 0 Å². The molecule has 1 heterocycles. The third-order valence-corrected chi connectivity index (χ3v) is 3.91. The minimum absolute atomic E-state index is 0.202. The lowest BCUT2D eigenvalue weighted by molar-refractivity contribution is 0.000457. The van der Waals surface area contributed by atoms with Crippen LogP contribution in [-0.4, -0.2) is 41.8 Å². The molecule has 0 spiro atoms. The van der Waals surface area contributed by atoms with Crippen molar-refractivity contribution in [1.82, 2.24) is 10.2 Å². The van der Waals surface area contributed by atoms with Gasteiger partial charge in [0.2, 0.25) is 5.54 Å². The summed E-state index contributed by atoms with van der Waals surface area (Å²) in [6, 6.07) is 3.98. The summed E-state index contributed by atoms with van der Waals surface area (Å²) in [7, 11) is 0. The first kappa shape index (κ1) is 14.9. The van der Waals surface area contributed by atoms with Gasteiger partial charge in [-0.15, -0.1) is 0 Å². The van der Waals surface area contributed by atoms with Crippen molar-refractivity contribution in [1.29, 1.82) is 10.5 Å². The summed E-state index contributed by atoms with van der Waals surface area (Å²) in [4.78, 5) is 2.02. The number of hydrogen-bond donors (Lipinski definition) is 3. The van der Waals surface area contributed by atoms with Gasteiger partial charge in [-0.25, -0.2) is 0 Å². The highest BCUT2D eigenvalue weighted by Gasteiger charge is 2.52. The Kier molecular flexibility index (Phi) is 4.66. The molecule has 2 unspecified atom stereocenters. The Morgan fingerprint density at radius 3 is 2.39 bits per heavy atom. The van der Waals surface area contributed by atoms with Crippen LogP contribution >= 0.6 is 0 Å².